The van der Waals surface area contributed by atoms with E-state index in [-0.39, 0.29) is 18.1 Å². The van der Waals surface area contributed by atoms with Crippen molar-refractivity contribution in [2.45, 2.75) is 108 Å². The van der Waals surface area contributed by atoms with E-state index >= 15 is 0 Å². The van der Waals surface area contributed by atoms with Gasteiger partial charge in [0.15, 0.2) is 8.32 Å². The van der Waals surface area contributed by atoms with Gasteiger partial charge in [-0.2, -0.15) is 0 Å². The molecule has 0 aromatic rings. The van der Waals surface area contributed by atoms with Crippen molar-refractivity contribution in [2.75, 3.05) is 0 Å². The van der Waals surface area contributed by atoms with Crippen molar-refractivity contribution in [1.29, 1.82) is 0 Å². The Kier molecular flexibility index (Phi) is 7.38. The smallest absolute Gasteiger partial charge is 0.217 e. The number of thiol groups is 1. The van der Waals surface area contributed by atoms with Gasteiger partial charge in [-0.3, -0.25) is 0 Å². The van der Waals surface area contributed by atoms with Gasteiger partial charge in [0.1, 0.15) is 6.10 Å². The first-order valence-electron chi connectivity index (χ1n) is 11.2. The molecule has 0 aliphatic heterocycles. The van der Waals surface area contributed by atoms with E-state index in [0.29, 0.717) is 16.2 Å². The van der Waals surface area contributed by atoms with Crippen LogP contribution in [0.2, 0.25) is 18.1 Å². The molecule has 0 heterocycles. The van der Waals surface area contributed by atoms with Crippen LogP contribution in [0.5, 0.6) is 0 Å². The molecule has 0 saturated heterocycles. The topological polar surface area (TPSA) is 38.7 Å². The number of ether oxygens (including phenoxy) is 1. The van der Waals surface area contributed by atoms with Gasteiger partial charge in [0, 0.05) is 5.92 Å². The second-order valence-corrected chi connectivity index (χ2v) is 15.0. The molecule has 3 aliphatic carbocycles. The lowest BCUT2D eigenvalue weighted by Gasteiger charge is -2.58. The highest BCUT2D eigenvalue weighted by molar-refractivity contribution is 8.10. The summed E-state index contributed by atoms with van der Waals surface area (Å²) in [5.41, 5.74) is -0.534. The molecule has 6 atom stereocenters. The quantitative estimate of drug-likeness (QED) is 0.321. The Morgan fingerprint density at radius 3 is 2.41 bits per heavy atom. The summed E-state index contributed by atoms with van der Waals surface area (Å²) in [6.45, 7) is 6.90. The summed E-state index contributed by atoms with van der Waals surface area (Å²) < 4.78 is 13.3. The molecular weight excluding hydrogens is 392 g/mol. The van der Waals surface area contributed by atoms with Gasteiger partial charge in [-0.1, -0.05) is 39.8 Å². The Labute approximate surface area is 177 Å². The molecule has 0 unspecified atom stereocenters. The molecule has 0 spiro atoms. The van der Waals surface area contributed by atoms with E-state index in [4.69, 9.17) is 21.4 Å². The van der Waals surface area contributed by atoms with Gasteiger partial charge in [0.2, 0.25) is 4.38 Å². The molecule has 0 aromatic heterocycles. The van der Waals surface area contributed by atoms with Crippen molar-refractivity contribution in [3.63, 3.8) is 0 Å². The van der Waals surface area contributed by atoms with Crippen molar-refractivity contribution >= 4 is 37.5 Å². The van der Waals surface area contributed by atoms with Gasteiger partial charge >= 0.3 is 0 Å². The Morgan fingerprint density at radius 2 is 1.78 bits per heavy atom. The van der Waals surface area contributed by atoms with Gasteiger partial charge in [-0.05, 0) is 87.1 Å². The second-order valence-electron chi connectivity index (χ2n) is 9.16. The van der Waals surface area contributed by atoms with E-state index in [1.54, 1.807) is 0 Å². The Balaban J connectivity index is 1.88. The van der Waals surface area contributed by atoms with Crippen LogP contribution in [0.15, 0.2) is 0 Å². The van der Waals surface area contributed by atoms with Crippen LogP contribution in [0.3, 0.4) is 0 Å². The molecule has 3 nitrogen and oxygen atoms in total. The largest absolute Gasteiger partial charge is 0.475 e. The Hall–Kier alpha value is 0.377. The van der Waals surface area contributed by atoms with Gasteiger partial charge < -0.3 is 14.3 Å². The average Bonchev–Trinajstić information content (AvgIpc) is 2.64. The maximum absolute atomic E-state index is 11.9. The molecule has 27 heavy (non-hydrogen) atoms. The van der Waals surface area contributed by atoms with Crippen LogP contribution in [-0.2, 0) is 9.16 Å². The molecule has 0 amide bonds. The third-order valence-electron chi connectivity index (χ3n) is 8.15. The first-order chi connectivity index (χ1) is 12.9. The third-order valence-corrected chi connectivity index (χ3v) is 13.0. The summed E-state index contributed by atoms with van der Waals surface area (Å²) in [6, 6.07) is 3.53. The predicted octanol–water partition coefficient (Wildman–Crippen LogP) is 5.72. The van der Waals surface area contributed by atoms with E-state index in [1.807, 2.05) is 0 Å². The fraction of sp³-hybridized carbons (Fsp3) is 0.952. The molecule has 3 aliphatic rings. The molecule has 6 heteroatoms. The highest BCUT2D eigenvalue weighted by Gasteiger charge is 2.57. The van der Waals surface area contributed by atoms with Crippen LogP contribution in [0.25, 0.3) is 0 Å². The summed E-state index contributed by atoms with van der Waals surface area (Å²) >= 11 is 9.32. The van der Waals surface area contributed by atoms with Crippen LogP contribution in [0.1, 0.15) is 72.1 Å². The van der Waals surface area contributed by atoms with Crippen molar-refractivity contribution in [1.82, 2.24) is 0 Å². The molecule has 3 rings (SSSR count). The number of thiocarbonyl (C=S) groups is 1. The Bertz CT molecular complexity index is 519. The van der Waals surface area contributed by atoms with Gasteiger partial charge in [-0.25, -0.2) is 0 Å². The normalized spacial score (nSPS) is 39.4. The third kappa shape index (κ3) is 4.45. The Morgan fingerprint density at radius 1 is 1.11 bits per heavy atom. The van der Waals surface area contributed by atoms with E-state index in [2.05, 4.69) is 33.4 Å². The number of aliphatic hydroxyl groups is 1. The van der Waals surface area contributed by atoms with Crippen molar-refractivity contribution in [2.24, 2.45) is 17.8 Å². The minimum atomic E-state index is -1.69. The number of hydrogen-bond donors (Lipinski definition) is 2. The zero-order chi connectivity index (χ0) is 19.7. The zero-order valence-corrected chi connectivity index (χ0v) is 20.0. The maximum atomic E-state index is 11.9. The fourth-order valence-electron chi connectivity index (χ4n) is 6.50. The van der Waals surface area contributed by atoms with Crippen LogP contribution in [0, 0.1) is 17.8 Å². The monoisotopic (exact) mass is 430 g/mol. The summed E-state index contributed by atoms with van der Waals surface area (Å²) in [7, 11) is -1.69. The molecule has 1 N–H and O–H groups in total. The minimum Gasteiger partial charge on any atom is -0.475 e. The van der Waals surface area contributed by atoms with Crippen LogP contribution in [0.4, 0.5) is 0 Å². The predicted molar refractivity (Wildman–Crippen MR) is 121 cm³/mol. The lowest BCUT2D eigenvalue weighted by molar-refractivity contribution is -0.189. The van der Waals surface area contributed by atoms with Gasteiger partial charge in [0.05, 0.1) is 11.7 Å². The lowest BCUT2D eigenvalue weighted by Crippen LogP contribution is -2.61. The minimum absolute atomic E-state index is 0.150. The SMILES string of the molecule is CC[Si](CC)(CC)O[C@H]1CC[C@H]2CC[C@H](OC(=S)S)C[C@@H]3CCC[C@@]2(O)[C@@H]31. The number of rotatable bonds is 6. The van der Waals surface area contributed by atoms with Crippen LogP contribution >= 0.6 is 24.8 Å². The fourth-order valence-corrected chi connectivity index (χ4v) is 9.69. The van der Waals surface area contributed by atoms with Crippen LogP contribution in [-0.4, -0.2) is 35.6 Å². The lowest BCUT2D eigenvalue weighted by atomic mass is 9.54. The molecule has 3 fully saturated rings. The number of hydrogen-bond acceptors (Lipinski definition) is 4. The molecule has 0 aromatic carbocycles. The van der Waals surface area contributed by atoms with Crippen molar-refractivity contribution < 1.29 is 14.3 Å². The zero-order valence-electron chi connectivity index (χ0n) is 17.3. The summed E-state index contributed by atoms with van der Waals surface area (Å²) in [5, 5.41) is 11.9. The maximum Gasteiger partial charge on any atom is 0.217 e. The van der Waals surface area contributed by atoms with Crippen LogP contribution < -0.4 is 0 Å². The molecular formula is C21H38O3S2Si. The first-order valence-corrected chi connectivity index (χ1v) is 14.6. The average molecular weight is 431 g/mol. The molecule has 0 radical (unpaired) electrons. The highest BCUT2D eigenvalue weighted by Crippen LogP contribution is 2.55. The standard InChI is InChI=1S/C21H38O3S2Si/c1-4-27(5-2,6-3)24-18-12-10-16-9-11-17(23-20(25)26)14-15-8-7-13-21(16,22)19(15)18/h15-19,22H,4-14H2,1-3H3,(H,25,26)/t15-,16+,17-,18-,19-,21-/m0/s1. The van der Waals surface area contributed by atoms with E-state index < -0.39 is 13.9 Å². The summed E-state index contributed by atoms with van der Waals surface area (Å²) in [5.74, 6) is 1.12. The van der Waals surface area contributed by atoms with E-state index in [0.717, 1.165) is 44.9 Å². The summed E-state index contributed by atoms with van der Waals surface area (Å²) in [6.07, 6.45) is 8.85. The van der Waals surface area contributed by atoms with E-state index in [1.165, 1.54) is 24.6 Å². The molecule has 156 valence electrons. The first kappa shape index (κ1) is 22.1. The van der Waals surface area contributed by atoms with E-state index in [9.17, 15) is 5.11 Å². The highest BCUT2D eigenvalue weighted by atomic mass is 32.1. The van der Waals surface area contributed by atoms with Gasteiger partial charge in [0.25, 0.3) is 0 Å². The second kappa shape index (κ2) is 9.03. The van der Waals surface area contributed by atoms with Crippen molar-refractivity contribution in [3.05, 3.63) is 0 Å². The van der Waals surface area contributed by atoms with Gasteiger partial charge in [-0.15, -0.1) is 0 Å². The summed E-state index contributed by atoms with van der Waals surface area (Å²) in [4.78, 5) is 0. The molecule has 3 saturated carbocycles. The van der Waals surface area contributed by atoms with Crippen molar-refractivity contribution in [3.8, 4) is 0 Å². The molecule has 4 bridgehead atoms.